The summed E-state index contributed by atoms with van der Waals surface area (Å²) in [4.78, 5) is 18.0. The van der Waals surface area contributed by atoms with E-state index in [1.165, 1.54) is 0 Å². The largest absolute Gasteiger partial charge is 0.481 e. The minimum Gasteiger partial charge on any atom is -0.481 e. The maximum atomic E-state index is 10.7. The standard InChI is InChI=1S/C20H16N4O2S/c1-12-7-14(16-4-2-3-13-10-21-6-5-17(13)16)9-15(8-12)19-22-20(24-23-19)27-11-18(25)26/h2-10H,11H2,1H3,(H,25,26)(H,22,23,24). The predicted octanol–water partition coefficient (Wildman–Crippen LogP) is 4.17. The van der Waals surface area contributed by atoms with Crippen molar-refractivity contribution in [2.75, 3.05) is 5.75 Å². The molecule has 0 unspecified atom stereocenters. The number of H-pyrrole nitrogens is 1. The number of aromatic amines is 1. The highest BCUT2D eigenvalue weighted by Crippen LogP contribution is 2.32. The normalized spacial score (nSPS) is 11.0. The number of fused-ring (bicyclic) bond motifs is 1. The van der Waals surface area contributed by atoms with E-state index in [-0.39, 0.29) is 5.75 Å². The van der Waals surface area contributed by atoms with Gasteiger partial charge in [0.2, 0.25) is 0 Å². The molecule has 0 spiro atoms. The summed E-state index contributed by atoms with van der Waals surface area (Å²) in [5, 5.41) is 19.7. The molecule has 2 aromatic heterocycles. The first-order valence-electron chi connectivity index (χ1n) is 8.32. The first-order valence-corrected chi connectivity index (χ1v) is 9.31. The number of aromatic nitrogens is 4. The molecular weight excluding hydrogens is 360 g/mol. The molecule has 0 saturated heterocycles. The zero-order valence-corrected chi connectivity index (χ0v) is 15.3. The summed E-state index contributed by atoms with van der Waals surface area (Å²) in [6.07, 6.45) is 3.66. The number of benzene rings is 2. The van der Waals surface area contributed by atoms with Crippen molar-refractivity contribution in [2.45, 2.75) is 12.1 Å². The van der Waals surface area contributed by atoms with Crippen LogP contribution >= 0.6 is 11.8 Å². The zero-order valence-electron chi connectivity index (χ0n) is 14.5. The molecule has 2 heterocycles. The molecule has 0 saturated carbocycles. The van der Waals surface area contributed by atoms with Crippen LogP contribution in [-0.4, -0.2) is 37.0 Å². The van der Waals surface area contributed by atoms with Crippen LogP contribution in [0.1, 0.15) is 5.56 Å². The van der Waals surface area contributed by atoms with E-state index in [1.807, 2.05) is 37.4 Å². The second-order valence-corrected chi connectivity index (χ2v) is 7.12. The van der Waals surface area contributed by atoms with Crippen LogP contribution in [-0.2, 0) is 4.79 Å². The molecule has 4 aromatic rings. The number of thioether (sulfide) groups is 1. The van der Waals surface area contributed by atoms with Crippen molar-refractivity contribution in [2.24, 2.45) is 0 Å². The Morgan fingerprint density at radius 2 is 2.00 bits per heavy atom. The number of hydrogen-bond donors (Lipinski definition) is 2. The lowest BCUT2D eigenvalue weighted by Crippen LogP contribution is -1.97. The molecule has 27 heavy (non-hydrogen) atoms. The van der Waals surface area contributed by atoms with Gasteiger partial charge in [0.1, 0.15) is 0 Å². The van der Waals surface area contributed by atoms with Crippen LogP contribution in [0.2, 0.25) is 0 Å². The maximum Gasteiger partial charge on any atom is 0.313 e. The summed E-state index contributed by atoms with van der Waals surface area (Å²) in [6.45, 7) is 2.04. The summed E-state index contributed by atoms with van der Waals surface area (Å²) in [7, 11) is 0. The van der Waals surface area contributed by atoms with Gasteiger partial charge in [0.05, 0.1) is 5.75 Å². The molecule has 0 atom stereocenters. The Morgan fingerprint density at radius 3 is 2.85 bits per heavy atom. The Labute approximate surface area is 159 Å². The Morgan fingerprint density at radius 1 is 1.15 bits per heavy atom. The highest BCUT2D eigenvalue weighted by molar-refractivity contribution is 7.99. The fourth-order valence-electron chi connectivity index (χ4n) is 3.02. The number of pyridine rings is 1. The van der Waals surface area contributed by atoms with Gasteiger partial charge in [-0.05, 0) is 47.2 Å². The molecule has 0 fully saturated rings. The van der Waals surface area contributed by atoms with E-state index in [9.17, 15) is 4.79 Å². The SMILES string of the molecule is Cc1cc(-c2nnc(SCC(=O)O)[nH]2)cc(-c2cccc3cnccc23)c1. The van der Waals surface area contributed by atoms with Crippen LogP contribution in [0, 0.1) is 6.92 Å². The number of hydrogen-bond acceptors (Lipinski definition) is 5. The van der Waals surface area contributed by atoms with Crippen molar-refractivity contribution in [3.8, 4) is 22.5 Å². The lowest BCUT2D eigenvalue weighted by atomic mass is 9.96. The van der Waals surface area contributed by atoms with Gasteiger partial charge in [0.25, 0.3) is 0 Å². The van der Waals surface area contributed by atoms with E-state index in [4.69, 9.17) is 5.11 Å². The fraction of sp³-hybridized carbons (Fsp3) is 0.100. The lowest BCUT2D eigenvalue weighted by molar-refractivity contribution is -0.133. The van der Waals surface area contributed by atoms with Crippen LogP contribution in [0.15, 0.2) is 60.0 Å². The number of carbonyl (C=O) groups is 1. The second-order valence-electron chi connectivity index (χ2n) is 6.15. The number of aryl methyl sites for hydroxylation is 1. The molecule has 0 aliphatic heterocycles. The predicted molar refractivity (Wildman–Crippen MR) is 106 cm³/mol. The van der Waals surface area contributed by atoms with Gasteiger partial charge in [-0.3, -0.25) is 9.78 Å². The van der Waals surface area contributed by atoms with E-state index in [0.717, 1.165) is 44.8 Å². The summed E-state index contributed by atoms with van der Waals surface area (Å²) in [5.74, 6) is -0.325. The van der Waals surface area contributed by atoms with Crippen molar-refractivity contribution in [3.05, 3.63) is 60.4 Å². The number of nitrogens with one attached hydrogen (secondary N) is 1. The molecule has 4 rings (SSSR count). The van der Waals surface area contributed by atoms with Crippen molar-refractivity contribution in [3.63, 3.8) is 0 Å². The van der Waals surface area contributed by atoms with Crippen LogP contribution in [0.5, 0.6) is 0 Å². The van der Waals surface area contributed by atoms with Crippen LogP contribution < -0.4 is 0 Å². The molecule has 0 aliphatic rings. The minimum atomic E-state index is -0.888. The van der Waals surface area contributed by atoms with Gasteiger partial charge >= 0.3 is 5.97 Å². The Kier molecular flexibility index (Phi) is 4.60. The number of aliphatic carboxylic acids is 1. The molecule has 0 radical (unpaired) electrons. The second kappa shape index (κ2) is 7.20. The van der Waals surface area contributed by atoms with Crippen LogP contribution in [0.25, 0.3) is 33.3 Å². The molecule has 0 amide bonds. The fourth-order valence-corrected chi connectivity index (χ4v) is 3.55. The molecular formula is C20H16N4O2S. The molecule has 6 nitrogen and oxygen atoms in total. The van der Waals surface area contributed by atoms with Crippen molar-refractivity contribution in [1.29, 1.82) is 0 Å². The summed E-state index contributed by atoms with van der Waals surface area (Å²) < 4.78 is 0. The average Bonchev–Trinajstić information content (AvgIpc) is 3.14. The Hall–Kier alpha value is -3.19. The van der Waals surface area contributed by atoms with Gasteiger partial charge < -0.3 is 10.1 Å². The monoisotopic (exact) mass is 376 g/mol. The smallest absolute Gasteiger partial charge is 0.313 e. The third kappa shape index (κ3) is 3.68. The quantitative estimate of drug-likeness (QED) is 0.508. The highest BCUT2D eigenvalue weighted by Gasteiger charge is 2.11. The highest BCUT2D eigenvalue weighted by atomic mass is 32.2. The summed E-state index contributed by atoms with van der Waals surface area (Å²) >= 11 is 1.12. The molecule has 2 N–H and O–H groups in total. The van der Waals surface area contributed by atoms with Crippen molar-refractivity contribution in [1.82, 2.24) is 20.2 Å². The van der Waals surface area contributed by atoms with Crippen LogP contribution in [0.3, 0.4) is 0 Å². The van der Waals surface area contributed by atoms with Crippen molar-refractivity contribution >= 4 is 28.5 Å². The number of carboxylic acid groups (broad SMARTS) is 1. The summed E-state index contributed by atoms with van der Waals surface area (Å²) in [6, 6.07) is 14.4. The molecule has 0 aliphatic carbocycles. The van der Waals surface area contributed by atoms with Gasteiger partial charge in [0, 0.05) is 23.3 Å². The van der Waals surface area contributed by atoms with Gasteiger partial charge in [-0.2, -0.15) is 0 Å². The van der Waals surface area contributed by atoms with E-state index >= 15 is 0 Å². The summed E-state index contributed by atoms with van der Waals surface area (Å²) in [5.41, 5.74) is 4.22. The van der Waals surface area contributed by atoms with Crippen molar-refractivity contribution < 1.29 is 9.90 Å². The Balaban J connectivity index is 1.75. The van der Waals surface area contributed by atoms with E-state index in [1.54, 1.807) is 6.20 Å². The van der Waals surface area contributed by atoms with E-state index in [0.29, 0.717) is 11.0 Å². The van der Waals surface area contributed by atoms with Gasteiger partial charge in [-0.1, -0.05) is 36.0 Å². The Bertz CT molecular complexity index is 1130. The molecule has 0 bridgehead atoms. The maximum absolute atomic E-state index is 10.7. The molecule has 134 valence electrons. The third-order valence-electron chi connectivity index (χ3n) is 4.14. The number of carboxylic acids is 1. The lowest BCUT2D eigenvalue weighted by Gasteiger charge is -2.09. The third-order valence-corrected chi connectivity index (χ3v) is 4.99. The average molecular weight is 376 g/mol. The van der Waals surface area contributed by atoms with E-state index in [2.05, 4.69) is 38.4 Å². The first kappa shape index (κ1) is 17.2. The first-order chi connectivity index (χ1) is 13.1. The number of rotatable bonds is 5. The number of nitrogens with zero attached hydrogens (tertiary/aromatic N) is 3. The van der Waals surface area contributed by atoms with Gasteiger partial charge in [-0.25, -0.2) is 0 Å². The van der Waals surface area contributed by atoms with E-state index < -0.39 is 5.97 Å². The zero-order chi connectivity index (χ0) is 18.8. The van der Waals surface area contributed by atoms with Gasteiger partial charge in [0.15, 0.2) is 11.0 Å². The van der Waals surface area contributed by atoms with Crippen LogP contribution in [0.4, 0.5) is 0 Å². The molecule has 2 aromatic carbocycles. The minimum absolute atomic E-state index is 0.0578. The molecule has 7 heteroatoms. The topological polar surface area (TPSA) is 91.8 Å². The van der Waals surface area contributed by atoms with Gasteiger partial charge in [-0.15, -0.1) is 10.2 Å².